The van der Waals surface area contributed by atoms with Crippen molar-refractivity contribution in [2.45, 2.75) is 46.0 Å². The molecule has 1 saturated carbocycles. The van der Waals surface area contributed by atoms with Crippen LogP contribution in [0.2, 0.25) is 0 Å². The summed E-state index contributed by atoms with van der Waals surface area (Å²) < 4.78 is 0. The lowest BCUT2D eigenvalue weighted by Gasteiger charge is -2.30. The van der Waals surface area contributed by atoms with Gasteiger partial charge in [0.25, 0.3) is 0 Å². The van der Waals surface area contributed by atoms with Crippen molar-refractivity contribution in [1.82, 2.24) is 0 Å². The molecule has 64 valence electrons. The Balaban J connectivity index is 2.71. The van der Waals surface area contributed by atoms with Crippen LogP contribution in [-0.4, -0.2) is 6.29 Å². The molecule has 0 saturated heterocycles. The molecule has 1 atom stereocenters. The fourth-order valence-corrected chi connectivity index (χ4v) is 2.51. The Morgan fingerprint density at radius 2 is 2.09 bits per heavy atom. The Labute approximate surface area is 69.2 Å². The lowest BCUT2D eigenvalue weighted by molar-refractivity contribution is -0.114. The van der Waals surface area contributed by atoms with Gasteiger partial charge in [-0.25, -0.2) is 0 Å². The fourth-order valence-electron chi connectivity index (χ4n) is 2.51. The van der Waals surface area contributed by atoms with Gasteiger partial charge in [0.15, 0.2) is 0 Å². The zero-order valence-corrected chi connectivity index (χ0v) is 7.60. The molecule has 0 radical (unpaired) electrons. The summed E-state index contributed by atoms with van der Waals surface area (Å²) in [5, 5.41) is 0. The molecule has 0 aromatic carbocycles. The summed E-state index contributed by atoms with van der Waals surface area (Å²) in [4.78, 5) is 10.7. The molecular formula is C10H18O. The molecule has 0 heterocycles. The largest absolute Gasteiger partial charge is 0.303 e. The van der Waals surface area contributed by atoms with Crippen LogP contribution >= 0.6 is 0 Å². The summed E-state index contributed by atoms with van der Waals surface area (Å²) in [6, 6.07) is 0. The van der Waals surface area contributed by atoms with E-state index in [0.717, 1.165) is 6.42 Å². The Morgan fingerprint density at radius 1 is 1.45 bits per heavy atom. The molecule has 0 bridgehead atoms. The maximum atomic E-state index is 10.7. The first-order chi connectivity index (χ1) is 5.29. The molecule has 0 aromatic heterocycles. The van der Waals surface area contributed by atoms with Gasteiger partial charge in [0.1, 0.15) is 6.29 Å². The van der Waals surface area contributed by atoms with E-state index < -0.39 is 0 Å². The van der Waals surface area contributed by atoms with Crippen molar-refractivity contribution in [2.75, 3.05) is 0 Å². The molecule has 0 amide bonds. The van der Waals surface area contributed by atoms with E-state index in [1.807, 2.05) is 0 Å². The van der Waals surface area contributed by atoms with Crippen LogP contribution in [0.25, 0.3) is 0 Å². The van der Waals surface area contributed by atoms with E-state index in [2.05, 4.69) is 13.8 Å². The van der Waals surface area contributed by atoms with Crippen LogP contribution in [0.1, 0.15) is 46.0 Å². The van der Waals surface area contributed by atoms with Gasteiger partial charge in [-0.1, -0.05) is 20.3 Å². The highest BCUT2D eigenvalue weighted by Gasteiger charge is 2.39. The molecule has 0 aromatic rings. The van der Waals surface area contributed by atoms with Gasteiger partial charge in [0.05, 0.1) is 0 Å². The summed E-state index contributed by atoms with van der Waals surface area (Å²) in [7, 11) is 0. The number of hydrogen-bond acceptors (Lipinski definition) is 1. The Kier molecular flexibility index (Phi) is 2.69. The van der Waals surface area contributed by atoms with Crippen molar-refractivity contribution in [1.29, 1.82) is 0 Å². The lowest BCUT2D eigenvalue weighted by Crippen LogP contribution is -2.24. The molecule has 1 aliphatic carbocycles. The third-order valence-corrected chi connectivity index (χ3v) is 3.55. The number of aldehydes is 1. The Hall–Kier alpha value is -0.330. The summed E-state index contributed by atoms with van der Waals surface area (Å²) in [5.74, 6) is 0.359. The van der Waals surface area contributed by atoms with Crippen molar-refractivity contribution >= 4 is 6.29 Å². The average Bonchev–Trinajstić information content (AvgIpc) is 2.47. The van der Waals surface area contributed by atoms with Crippen LogP contribution in [0.15, 0.2) is 0 Å². The molecule has 11 heavy (non-hydrogen) atoms. The van der Waals surface area contributed by atoms with Gasteiger partial charge in [-0.05, 0) is 31.1 Å². The summed E-state index contributed by atoms with van der Waals surface area (Å²) >= 11 is 0. The van der Waals surface area contributed by atoms with Gasteiger partial charge in [-0.15, -0.1) is 0 Å². The summed E-state index contributed by atoms with van der Waals surface area (Å²) in [6.07, 6.45) is 7.18. The molecule has 1 unspecified atom stereocenters. The summed E-state index contributed by atoms with van der Waals surface area (Å²) in [6.45, 7) is 4.43. The van der Waals surface area contributed by atoms with Crippen LogP contribution in [0.3, 0.4) is 0 Å². The van der Waals surface area contributed by atoms with E-state index in [0.29, 0.717) is 11.3 Å². The van der Waals surface area contributed by atoms with Gasteiger partial charge < -0.3 is 4.79 Å². The molecular weight excluding hydrogens is 136 g/mol. The first-order valence-electron chi connectivity index (χ1n) is 4.74. The van der Waals surface area contributed by atoms with Crippen LogP contribution in [0, 0.1) is 11.3 Å². The predicted octanol–water partition coefficient (Wildman–Crippen LogP) is 2.79. The van der Waals surface area contributed by atoms with E-state index >= 15 is 0 Å². The zero-order chi connectivity index (χ0) is 8.32. The maximum Gasteiger partial charge on any atom is 0.123 e. The monoisotopic (exact) mass is 154 g/mol. The van der Waals surface area contributed by atoms with E-state index in [9.17, 15) is 4.79 Å². The minimum Gasteiger partial charge on any atom is -0.303 e. The van der Waals surface area contributed by atoms with Gasteiger partial charge in [-0.3, -0.25) is 0 Å². The zero-order valence-electron chi connectivity index (χ0n) is 7.60. The molecule has 0 N–H and O–H groups in total. The number of carbonyl (C=O) groups excluding carboxylic acids is 1. The second kappa shape index (κ2) is 3.38. The van der Waals surface area contributed by atoms with Crippen LogP contribution in [0.5, 0.6) is 0 Å². The number of rotatable bonds is 3. The Bertz CT molecular complexity index is 136. The molecule has 1 fully saturated rings. The molecule has 0 aliphatic heterocycles. The highest BCUT2D eigenvalue weighted by molar-refractivity contribution is 5.55. The van der Waals surface area contributed by atoms with Crippen molar-refractivity contribution in [3.8, 4) is 0 Å². The number of hydrogen-bond donors (Lipinski definition) is 0. The van der Waals surface area contributed by atoms with Gasteiger partial charge in [0, 0.05) is 5.92 Å². The average molecular weight is 154 g/mol. The number of carbonyl (C=O) groups is 1. The van der Waals surface area contributed by atoms with Crippen molar-refractivity contribution in [3.05, 3.63) is 0 Å². The molecule has 1 heteroatoms. The Morgan fingerprint density at radius 3 is 2.45 bits per heavy atom. The van der Waals surface area contributed by atoms with Gasteiger partial charge >= 0.3 is 0 Å². The van der Waals surface area contributed by atoms with E-state index in [4.69, 9.17) is 0 Å². The van der Waals surface area contributed by atoms with Gasteiger partial charge in [0.2, 0.25) is 0 Å². The molecule has 1 aliphatic rings. The normalized spacial score (nSPS) is 28.7. The van der Waals surface area contributed by atoms with Crippen molar-refractivity contribution < 1.29 is 4.79 Å². The molecule has 1 rings (SSSR count). The third-order valence-electron chi connectivity index (χ3n) is 3.55. The van der Waals surface area contributed by atoms with Crippen molar-refractivity contribution in [2.24, 2.45) is 11.3 Å². The standard InChI is InChI=1S/C10H18O/c1-3-10(4-2)7-5-6-9(10)8-11/h8-9H,3-7H2,1-2H3. The van der Waals surface area contributed by atoms with Crippen LogP contribution in [-0.2, 0) is 4.79 Å². The third kappa shape index (κ3) is 1.33. The minimum atomic E-state index is 0.359. The maximum absolute atomic E-state index is 10.7. The second-order valence-electron chi connectivity index (χ2n) is 3.70. The van der Waals surface area contributed by atoms with Crippen molar-refractivity contribution in [3.63, 3.8) is 0 Å². The highest BCUT2D eigenvalue weighted by Crippen LogP contribution is 2.47. The SMILES string of the molecule is CCC1(CC)CCCC1C=O. The van der Waals surface area contributed by atoms with Crippen LogP contribution in [0.4, 0.5) is 0 Å². The molecule has 0 spiro atoms. The lowest BCUT2D eigenvalue weighted by atomic mass is 9.74. The van der Waals surface area contributed by atoms with E-state index in [1.165, 1.54) is 32.0 Å². The predicted molar refractivity (Wildman–Crippen MR) is 46.4 cm³/mol. The van der Waals surface area contributed by atoms with E-state index in [1.54, 1.807) is 0 Å². The first-order valence-corrected chi connectivity index (χ1v) is 4.74. The van der Waals surface area contributed by atoms with E-state index in [-0.39, 0.29) is 0 Å². The quantitative estimate of drug-likeness (QED) is 0.571. The topological polar surface area (TPSA) is 17.1 Å². The molecule has 1 nitrogen and oxygen atoms in total. The second-order valence-corrected chi connectivity index (χ2v) is 3.70. The smallest absolute Gasteiger partial charge is 0.123 e. The van der Waals surface area contributed by atoms with Gasteiger partial charge in [-0.2, -0.15) is 0 Å². The fraction of sp³-hybridized carbons (Fsp3) is 0.900. The van der Waals surface area contributed by atoms with Crippen LogP contribution < -0.4 is 0 Å². The highest BCUT2D eigenvalue weighted by atomic mass is 16.1. The summed E-state index contributed by atoms with van der Waals surface area (Å²) in [5.41, 5.74) is 0.377. The first kappa shape index (κ1) is 8.76. The minimum absolute atomic E-state index is 0.359.